The van der Waals surface area contributed by atoms with Crippen molar-refractivity contribution >= 4 is 27.5 Å². The number of hydrogen-bond acceptors (Lipinski definition) is 5. The zero-order valence-electron chi connectivity index (χ0n) is 17.5. The van der Waals surface area contributed by atoms with E-state index in [0.717, 1.165) is 45.7 Å². The molecule has 1 saturated carbocycles. The molecule has 0 aliphatic heterocycles. The maximum atomic E-state index is 13.5. The van der Waals surface area contributed by atoms with E-state index in [-0.39, 0.29) is 11.7 Å². The van der Waals surface area contributed by atoms with E-state index in [1.807, 2.05) is 31.7 Å². The number of nitrogens with zero attached hydrogens (tertiary/aromatic N) is 4. The molecule has 6 nitrogen and oxygen atoms in total. The Balaban J connectivity index is 1.53. The van der Waals surface area contributed by atoms with Gasteiger partial charge in [-0.15, -0.1) is 11.3 Å². The lowest BCUT2D eigenvalue weighted by atomic mass is 10.1. The molecule has 1 unspecified atom stereocenters. The lowest BCUT2D eigenvalue weighted by Gasteiger charge is -2.19. The number of benzene rings is 1. The fourth-order valence-corrected chi connectivity index (χ4v) is 5.05. The third-order valence-electron chi connectivity index (χ3n) is 5.73. The van der Waals surface area contributed by atoms with Crippen LogP contribution in [-0.2, 0) is 7.05 Å². The number of imidazole rings is 1. The molecule has 1 atom stereocenters. The Morgan fingerprint density at radius 2 is 1.97 bits per heavy atom. The van der Waals surface area contributed by atoms with Gasteiger partial charge in [0.05, 0.1) is 10.6 Å². The maximum Gasteiger partial charge on any atom is 0.262 e. The van der Waals surface area contributed by atoms with Crippen LogP contribution in [-0.4, -0.2) is 25.4 Å². The summed E-state index contributed by atoms with van der Waals surface area (Å²) in [6.07, 6.45) is 5.76. The van der Waals surface area contributed by atoms with Crippen LogP contribution in [0.1, 0.15) is 62.9 Å². The van der Waals surface area contributed by atoms with Crippen molar-refractivity contribution in [3.8, 4) is 0 Å². The third kappa shape index (κ3) is 3.61. The van der Waals surface area contributed by atoms with Crippen molar-refractivity contribution in [3.63, 3.8) is 0 Å². The number of nitrogens with one attached hydrogen (secondary N) is 1. The van der Waals surface area contributed by atoms with Crippen LogP contribution < -0.4 is 5.32 Å². The number of thiophene rings is 1. The summed E-state index contributed by atoms with van der Waals surface area (Å²) < 4.78 is 15.3. The number of carbonyl (C=O) groups is 1. The first kappa shape index (κ1) is 19.8. The summed E-state index contributed by atoms with van der Waals surface area (Å²) in [6.45, 7) is 3.92. The zero-order valence-corrected chi connectivity index (χ0v) is 18.3. The van der Waals surface area contributed by atoms with E-state index >= 15 is 0 Å². The fourth-order valence-electron chi connectivity index (χ4n) is 3.90. The van der Waals surface area contributed by atoms with Crippen molar-refractivity contribution in [3.05, 3.63) is 75.8 Å². The highest BCUT2D eigenvalue weighted by atomic mass is 32.1. The smallest absolute Gasteiger partial charge is 0.262 e. The zero-order chi connectivity index (χ0) is 21.7. The number of halogens is 1. The molecular weight excluding hydrogens is 413 g/mol. The van der Waals surface area contributed by atoms with Crippen LogP contribution in [0.3, 0.4) is 0 Å². The monoisotopic (exact) mass is 435 g/mol. The molecule has 3 heterocycles. The standard InChI is InChI=1S/C23H22FN5OS/c1-12-17-13(2)26-20(15-4-5-15)28-23(17)31-19(12)22(30)27-18(21-25-10-11-29(21)3)14-6-8-16(24)9-7-14/h6-11,15,18H,4-5H2,1-3H3,(H,27,30). The second-order valence-electron chi connectivity index (χ2n) is 8.03. The molecule has 31 heavy (non-hydrogen) atoms. The van der Waals surface area contributed by atoms with Crippen LogP contribution in [0.25, 0.3) is 10.2 Å². The van der Waals surface area contributed by atoms with Gasteiger partial charge in [-0.05, 0) is 49.9 Å². The van der Waals surface area contributed by atoms with E-state index in [9.17, 15) is 9.18 Å². The van der Waals surface area contributed by atoms with Gasteiger partial charge in [0.2, 0.25) is 0 Å². The highest BCUT2D eigenvalue weighted by molar-refractivity contribution is 7.20. The van der Waals surface area contributed by atoms with Gasteiger partial charge in [0, 0.05) is 30.7 Å². The molecular formula is C23H22FN5OS. The van der Waals surface area contributed by atoms with Crippen molar-refractivity contribution in [1.29, 1.82) is 0 Å². The molecule has 4 aromatic rings. The molecule has 1 fully saturated rings. The lowest BCUT2D eigenvalue weighted by Crippen LogP contribution is -2.31. The summed E-state index contributed by atoms with van der Waals surface area (Å²) in [5, 5.41) is 4.05. The van der Waals surface area contributed by atoms with Crippen LogP contribution in [0.5, 0.6) is 0 Å². The van der Waals surface area contributed by atoms with Crippen molar-refractivity contribution in [2.75, 3.05) is 0 Å². The molecule has 0 saturated heterocycles. The Hall–Kier alpha value is -3.13. The first-order chi connectivity index (χ1) is 14.9. The molecule has 0 radical (unpaired) electrons. The highest BCUT2D eigenvalue weighted by Crippen LogP contribution is 2.40. The van der Waals surface area contributed by atoms with Crippen molar-refractivity contribution in [1.82, 2.24) is 24.8 Å². The van der Waals surface area contributed by atoms with Gasteiger partial charge < -0.3 is 9.88 Å². The van der Waals surface area contributed by atoms with Gasteiger partial charge in [0.1, 0.15) is 28.3 Å². The predicted molar refractivity (Wildman–Crippen MR) is 118 cm³/mol. The summed E-state index contributed by atoms with van der Waals surface area (Å²) in [4.78, 5) is 28.7. The summed E-state index contributed by atoms with van der Waals surface area (Å²) in [6, 6.07) is 5.61. The van der Waals surface area contributed by atoms with E-state index in [1.165, 1.54) is 23.5 Å². The van der Waals surface area contributed by atoms with E-state index in [2.05, 4.69) is 15.3 Å². The molecule has 158 valence electrons. The number of aromatic nitrogens is 4. The molecule has 1 amide bonds. The van der Waals surface area contributed by atoms with Crippen molar-refractivity contribution in [2.24, 2.45) is 7.05 Å². The number of hydrogen-bond donors (Lipinski definition) is 1. The third-order valence-corrected chi connectivity index (χ3v) is 6.92. The molecule has 1 aliphatic carbocycles. The van der Waals surface area contributed by atoms with Gasteiger partial charge in [-0.25, -0.2) is 19.3 Å². The second-order valence-corrected chi connectivity index (χ2v) is 9.03. The normalized spacial score (nSPS) is 14.7. The van der Waals surface area contributed by atoms with Gasteiger partial charge in [-0.2, -0.15) is 0 Å². The van der Waals surface area contributed by atoms with Crippen LogP contribution in [0.4, 0.5) is 4.39 Å². The first-order valence-corrected chi connectivity index (χ1v) is 11.0. The second kappa shape index (κ2) is 7.53. The first-order valence-electron chi connectivity index (χ1n) is 10.2. The van der Waals surface area contributed by atoms with Crippen molar-refractivity contribution < 1.29 is 9.18 Å². The van der Waals surface area contributed by atoms with Gasteiger partial charge >= 0.3 is 0 Å². The number of aryl methyl sites for hydroxylation is 3. The Bertz CT molecular complexity index is 1290. The summed E-state index contributed by atoms with van der Waals surface area (Å²) >= 11 is 1.40. The number of rotatable bonds is 5. The topological polar surface area (TPSA) is 72.7 Å². The van der Waals surface area contributed by atoms with E-state index in [1.54, 1.807) is 18.3 Å². The Morgan fingerprint density at radius 1 is 1.23 bits per heavy atom. The van der Waals surface area contributed by atoms with Crippen LogP contribution >= 0.6 is 11.3 Å². The minimum absolute atomic E-state index is 0.204. The number of amides is 1. The minimum Gasteiger partial charge on any atom is -0.337 e. The van der Waals surface area contributed by atoms with Gasteiger partial charge in [0.15, 0.2) is 0 Å². The largest absolute Gasteiger partial charge is 0.337 e. The van der Waals surface area contributed by atoms with Crippen LogP contribution in [0, 0.1) is 19.7 Å². The molecule has 1 aromatic carbocycles. The van der Waals surface area contributed by atoms with E-state index < -0.39 is 6.04 Å². The van der Waals surface area contributed by atoms with Crippen LogP contribution in [0.2, 0.25) is 0 Å². The average Bonchev–Trinajstić information content (AvgIpc) is 3.43. The molecule has 3 aromatic heterocycles. The Morgan fingerprint density at radius 3 is 2.61 bits per heavy atom. The SMILES string of the molecule is Cc1nc(C2CC2)nc2sc(C(=O)NC(c3ccc(F)cc3)c3nccn3C)c(C)c12. The number of fused-ring (bicyclic) bond motifs is 1. The molecule has 8 heteroatoms. The fraction of sp³-hybridized carbons (Fsp3) is 0.304. The lowest BCUT2D eigenvalue weighted by molar-refractivity contribution is 0.0945. The Kier molecular flexibility index (Phi) is 4.81. The average molecular weight is 436 g/mol. The minimum atomic E-state index is -0.507. The molecule has 0 spiro atoms. The molecule has 1 N–H and O–H groups in total. The van der Waals surface area contributed by atoms with Gasteiger partial charge in [-0.1, -0.05) is 12.1 Å². The van der Waals surface area contributed by atoms with Gasteiger partial charge in [0.25, 0.3) is 5.91 Å². The summed E-state index contributed by atoms with van der Waals surface area (Å²) in [7, 11) is 1.87. The van der Waals surface area contributed by atoms with Crippen molar-refractivity contribution in [2.45, 2.75) is 38.6 Å². The number of carbonyl (C=O) groups excluding carboxylic acids is 1. The summed E-state index contributed by atoms with van der Waals surface area (Å²) in [5.41, 5.74) is 2.56. The predicted octanol–water partition coefficient (Wildman–Crippen LogP) is 4.58. The highest BCUT2D eigenvalue weighted by Gasteiger charge is 2.29. The molecule has 1 aliphatic rings. The van der Waals surface area contributed by atoms with Crippen LogP contribution in [0.15, 0.2) is 36.7 Å². The maximum absolute atomic E-state index is 13.5. The quantitative estimate of drug-likeness (QED) is 0.498. The summed E-state index contributed by atoms with van der Waals surface area (Å²) in [5.74, 6) is 1.48. The molecule has 0 bridgehead atoms. The Labute approximate surface area is 183 Å². The van der Waals surface area contributed by atoms with E-state index in [0.29, 0.717) is 16.6 Å². The van der Waals surface area contributed by atoms with Gasteiger partial charge in [-0.3, -0.25) is 4.79 Å². The van der Waals surface area contributed by atoms with E-state index in [4.69, 9.17) is 4.98 Å². The molecule has 5 rings (SSSR count).